The molecule has 2 aromatic rings. The molecule has 8 heteroatoms. The molecule has 5 nitrogen and oxygen atoms in total. The van der Waals surface area contributed by atoms with E-state index in [4.69, 9.17) is 9.84 Å². The van der Waals surface area contributed by atoms with Crippen LogP contribution in [0.2, 0.25) is 0 Å². The van der Waals surface area contributed by atoms with Crippen LogP contribution >= 0.6 is 0 Å². The molecule has 112 valence electrons. The Hall–Kier alpha value is -2.51. The van der Waals surface area contributed by atoms with Gasteiger partial charge in [-0.05, 0) is 18.2 Å². The minimum atomic E-state index is -4.45. The van der Waals surface area contributed by atoms with Crippen molar-refractivity contribution >= 4 is 5.97 Å². The number of imidazole rings is 1. The molecule has 21 heavy (non-hydrogen) atoms. The summed E-state index contributed by atoms with van der Waals surface area (Å²) in [5.41, 5.74) is -0.844. The molecule has 0 bridgehead atoms. The maximum Gasteiger partial charge on any atom is 0.416 e. The van der Waals surface area contributed by atoms with Crippen molar-refractivity contribution in [2.24, 2.45) is 7.05 Å². The van der Waals surface area contributed by atoms with Gasteiger partial charge in [0.25, 0.3) is 0 Å². The lowest BCUT2D eigenvalue weighted by Crippen LogP contribution is -2.09. The Morgan fingerprint density at radius 1 is 1.43 bits per heavy atom. The Kier molecular flexibility index (Phi) is 3.88. The van der Waals surface area contributed by atoms with Crippen molar-refractivity contribution in [1.82, 2.24) is 9.55 Å². The van der Waals surface area contributed by atoms with E-state index in [1.165, 1.54) is 23.7 Å². The molecule has 0 radical (unpaired) electrons. The lowest BCUT2D eigenvalue weighted by atomic mass is 10.2. The summed E-state index contributed by atoms with van der Waals surface area (Å²) in [6, 6.07) is 4.44. The molecule has 0 amide bonds. The maximum atomic E-state index is 12.6. The van der Waals surface area contributed by atoms with Crippen LogP contribution in [-0.4, -0.2) is 20.6 Å². The highest BCUT2D eigenvalue weighted by Gasteiger charge is 2.30. The number of carboxylic acid groups (broad SMARTS) is 1. The van der Waals surface area contributed by atoms with E-state index in [2.05, 4.69) is 4.98 Å². The number of hydrogen-bond donors (Lipinski definition) is 1. The Bertz CT molecular complexity index is 665. The van der Waals surface area contributed by atoms with Gasteiger partial charge < -0.3 is 14.4 Å². The van der Waals surface area contributed by atoms with Crippen molar-refractivity contribution in [1.29, 1.82) is 0 Å². The summed E-state index contributed by atoms with van der Waals surface area (Å²) in [5, 5.41) is 8.86. The fourth-order valence-corrected chi connectivity index (χ4v) is 1.69. The van der Waals surface area contributed by atoms with Gasteiger partial charge in [0.15, 0.2) is 0 Å². The molecule has 0 atom stereocenters. The van der Waals surface area contributed by atoms with Crippen LogP contribution in [0.15, 0.2) is 30.5 Å². The smallest absolute Gasteiger partial charge is 0.416 e. The Labute approximate surface area is 117 Å². The second kappa shape index (κ2) is 5.47. The Morgan fingerprint density at radius 2 is 2.14 bits per heavy atom. The summed E-state index contributed by atoms with van der Waals surface area (Å²) < 4.78 is 44.2. The zero-order valence-electron chi connectivity index (χ0n) is 10.9. The predicted octanol–water partition coefficient (Wildman–Crippen LogP) is 2.72. The number of hydrogen-bond acceptors (Lipinski definition) is 3. The first-order valence-electron chi connectivity index (χ1n) is 5.83. The molecule has 1 heterocycles. The van der Waals surface area contributed by atoms with E-state index in [1.807, 2.05) is 0 Å². The zero-order chi connectivity index (χ0) is 15.6. The third-order valence-electron chi connectivity index (χ3n) is 2.83. The zero-order valence-corrected chi connectivity index (χ0v) is 10.9. The van der Waals surface area contributed by atoms with E-state index in [9.17, 15) is 18.0 Å². The molecule has 0 aliphatic carbocycles. The van der Waals surface area contributed by atoms with E-state index in [0.29, 0.717) is 5.82 Å². The van der Waals surface area contributed by atoms with Crippen LogP contribution in [0.4, 0.5) is 13.2 Å². The van der Waals surface area contributed by atoms with Gasteiger partial charge in [-0.15, -0.1) is 0 Å². The van der Waals surface area contributed by atoms with Gasteiger partial charge >= 0.3 is 12.1 Å². The number of carbonyl (C=O) groups is 1. The molecular formula is C13H11F3N2O3. The van der Waals surface area contributed by atoms with Crippen molar-refractivity contribution in [3.63, 3.8) is 0 Å². The van der Waals surface area contributed by atoms with E-state index in [-0.39, 0.29) is 18.1 Å². The van der Waals surface area contributed by atoms with Gasteiger partial charge in [-0.2, -0.15) is 13.2 Å². The minimum Gasteiger partial charge on any atom is -0.486 e. The van der Waals surface area contributed by atoms with Crippen molar-refractivity contribution in [3.05, 3.63) is 47.5 Å². The van der Waals surface area contributed by atoms with Crippen LogP contribution < -0.4 is 4.74 Å². The van der Waals surface area contributed by atoms with Crippen LogP contribution in [0, 0.1) is 0 Å². The van der Waals surface area contributed by atoms with Crippen LogP contribution in [-0.2, 0) is 19.8 Å². The maximum absolute atomic E-state index is 12.6. The summed E-state index contributed by atoms with van der Waals surface area (Å²) >= 11 is 0. The number of aromatic carboxylic acids is 1. The first-order valence-corrected chi connectivity index (χ1v) is 5.83. The summed E-state index contributed by atoms with van der Waals surface area (Å²) in [6.07, 6.45) is -3.29. The fraction of sp³-hybridized carbons (Fsp3) is 0.231. The standard InChI is InChI=1S/C13H11F3N2O3/c1-18-10(12(19)20)6-17-11(18)7-21-9-4-2-3-8(5-9)13(14,15)16/h2-6H,7H2,1H3,(H,19,20). The molecule has 0 unspecified atom stereocenters. The van der Waals surface area contributed by atoms with Gasteiger partial charge in [0, 0.05) is 7.05 Å². The van der Waals surface area contributed by atoms with Gasteiger partial charge in [0.1, 0.15) is 23.9 Å². The molecular weight excluding hydrogens is 289 g/mol. The lowest BCUT2D eigenvalue weighted by molar-refractivity contribution is -0.137. The SMILES string of the molecule is Cn1c(C(=O)O)cnc1COc1cccc(C(F)(F)F)c1. The first kappa shape index (κ1) is 14.9. The van der Waals surface area contributed by atoms with Gasteiger partial charge in [0.2, 0.25) is 0 Å². The summed E-state index contributed by atoms with van der Waals surface area (Å²) in [4.78, 5) is 14.7. The predicted molar refractivity (Wildman–Crippen MR) is 65.9 cm³/mol. The van der Waals surface area contributed by atoms with Gasteiger partial charge in [-0.25, -0.2) is 9.78 Å². The number of ether oxygens (including phenoxy) is 1. The fourth-order valence-electron chi connectivity index (χ4n) is 1.69. The summed E-state index contributed by atoms with van der Waals surface area (Å²) in [7, 11) is 1.49. The summed E-state index contributed by atoms with van der Waals surface area (Å²) in [5.74, 6) is -0.815. The average molecular weight is 300 g/mol. The largest absolute Gasteiger partial charge is 0.486 e. The van der Waals surface area contributed by atoms with Crippen molar-refractivity contribution < 1.29 is 27.8 Å². The van der Waals surface area contributed by atoms with Crippen molar-refractivity contribution in [3.8, 4) is 5.75 Å². The third kappa shape index (κ3) is 3.33. The van der Waals surface area contributed by atoms with Gasteiger partial charge in [-0.3, -0.25) is 0 Å². The molecule has 1 N–H and O–H groups in total. The van der Waals surface area contributed by atoms with Crippen LogP contribution in [0.25, 0.3) is 0 Å². The topological polar surface area (TPSA) is 64.4 Å². The molecule has 1 aromatic carbocycles. The third-order valence-corrected chi connectivity index (χ3v) is 2.83. The number of aromatic nitrogens is 2. The molecule has 0 aliphatic heterocycles. The highest BCUT2D eigenvalue weighted by Crippen LogP contribution is 2.31. The quantitative estimate of drug-likeness (QED) is 0.943. The Balaban J connectivity index is 2.12. The first-order chi connectivity index (χ1) is 9.79. The second-order valence-electron chi connectivity index (χ2n) is 4.24. The molecule has 1 aromatic heterocycles. The van der Waals surface area contributed by atoms with E-state index in [1.54, 1.807) is 0 Å². The average Bonchev–Trinajstić information content (AvgIpc) is 2.77. The van der Waals surface area contributed by atoms with E-state index in [0.717, 1.165) is 18.3 Å². The molecule has 0 saturated carbocycles. The monoisotopic (exact) mass is 300 g/mol. The van der Waals surface area contributed by atoms with E-state index >= 15 is 0 Å². The van der Waals surface area contributed by atoms with Crippen LogP contribution in [0.5, 0.6) is 5.75 Å². The normalized spacial score (nSPS) is 11.4. The summed E-state index contributed by atoms with van der Waals surface area (Å²) in [6.45, 7) is -0.134. The Morgan fingerprint density at radius 3 is 2.71 bits per heavy atom. The lowest BCUT2D eigenvalue weighted by Gasteiger charge is -2.10. The highest BCUT2D eigenvalue weighted by atomic mass is 19.4. The van der Waals surface area contributed by atoms with Gasteiger partial charge in [0.05, 0.1) is 11.8 Å². The molecule has 0 spiro atoms. The van der Waals surface area contributed by atoms with Crippen molar-refractivity contribution in [2.75, 3.05) is 0 Å². The molecule has 2 rings (SSSR count). The van der Waals surface area contributed by atoms with Crippen LogP contribution in [0.1, 0.15) is 21.9 Å². The second-order valence-corrected chi connectivity index (χ2v) is 4.24. The molecule has 0 saturated heterocycles. The molecule has 0 aliphatic rings. The van der Waals surface area contributed by atoms with Crippen LogP contribution in [0.3, 0.4) is 0 Å². The molecule has 0 fully saturated rings. The number of carboxylic acids is 1. The number of rotatable bonds is 4. The van der Waals surface area contributed by atoms with Gasteiger partial charge in [-0.1, -0.05) is 6.07 Å². The number of benzene rings is 1. The highest BCUT2D eigenvalue weighted by molar-refractivity contribution is 5.85. The van der Waals surface area contributed by atoms with E-state index < -0.39 is 17.7 Å². The number of alkyl halides is 3. The number of nitrogens with zero attached hydrogens (tertiary/aromatic N) is 2. The number of halogens is 3. The minimum absolute atomic E-state index is 0.0300. The van der Waals surface area contributed by atoms with Crippen molar-refractivity contribution in [2.45, 2.75) is 12.8 Å².